The average molecular weight is 460 g/mol. The van der Waals surface area contributed by atoms with E-state index < -0.39 is 23.8 Å². The Labute approximate surface area is 202 Å². The third-order valence-electron chi connectivity index (χ3n) is 6.46. The number of nitrogens with zero attached hydrogens (tertiary/aromatic N) is 3. The standard InChI is InChI=1S/C28H33N3O3/c1-20(19-32)26(21-9-7-6-8-10-21)28(31(33)34)27(22-11-15-24(16-12-22)29(2)3)23-13-17-25(18-14-23)30(4)5/h6-20,26-28H,1-5H3/t20-,26-,28+/m0/s1. The molecular formula is C28H33N3O3. The fourth-order valence-electron chi connectivity index (χ4n) is 4.58. The van der Waals surface area contributed by atoms with Gasteiger partial charge in [-0.2, -0.15) is 0 Å². The molecule has 3 rings (SSSR count). The number of carbonyl (C=O) groups excluding carboxylic acids is 1. The molecule has 34 heavy (non-hydrogen) atoms. The first-order chi connectivity index (χ1) is 16.2. The molecule has 0 N–H and O–H groups in total. The molecule has 178 valence electrons. The zero-order valence-electron chi connectivity index (χ0n) is 20.5. The van der Waals surface area contributed by atoms with E-state index in [1.54, 1.807) is 6.92 Å². The minimum absolute atomic E-state index is 0.206. The van der Waals surface area contributed by atoms with Crippen molar-refractivity contribution in [3.05, 3.63) is 106 Å². The Morgan fingerprint density at radius 1 is 0.735 bits per heavy atom. The third kappa shape index (κ3) is 5.45. The first kappa shape index (κ1) is 25.0. The molecular weight excluding hydrogens is 426 g/mol. The summed E-state index contributed by atoms with van der Waals surface area (Å²) < 4.78 is 0. The lowest BCUT2D eigenvalue weighted by Gasteiger charge is -2.31. The lowest BCUT2D eigenvalue weighted by molar-refractivity contribution is -0.530. The van der Waals surface area contributed by atoms with Gasteiger partial charge in [0.05, 0.1) is 11.8 Å². The summed E-state index contributed by atoms with van der Waals surface area (Å²) in [6, 6.07) is 24.1. The summed E-state index contributed by atoms with van der Waals surface area (Å²) in [4.78, 5) is 28.5. The van der Waals surface area contributed by atoms with Gasteiger partial charge >= 0.3 is 0 Å². The minimum Gasteiger partial charge on any atom is -0.378 e. The maximum Gasteiger partial charge on any atom is 0.231 e. The Morgan fingerprint density at radius 2 is 1.18 bits per heavy atom. The van der Waals surface area contributed by atoms with Gasteiger partial charge in [0.1, 0.15) is 6.29 Å². The lowest BCUT2D eigenvalue weighted by Crippen LogP contribution is -2.38. The second-order valence-electron chi connectivity index (χ2n) is 9.16. The van der Waals surface area contributed by atoms with Gasteiger partial charge in [-0.1, -0.05) is 61.5 Å². The van der Waals surface area contributed by atoms with Gasteiger partial charge in [0.15, 0.2) is 0 Å². The van der Waals surface area contributed by atoms with Crippen molar-refractivity contribution in [1.82, 2.24) is 0 Å². The zero-order valence-corrected chi connectivity index (χ0v) is 20.5. The fourth-order valence-corrected chi connectivity index (χ4v) is 4.58. The number of aldehydes is 1. The first-order valence-electron chi connectivity index (χ1n) is 11.4. The van der Waals surface area contributed by atoms with Crippen molar-refractivity contribution < 1.29 is 9.72 Å². The van der Waals surface area contributed by atoms with Gasteiger partial charge in [0, 0.05) is 50.4 Å². The van der Waals surface area contributed by atoms with Gasteiger partial charge in [-0.25, -0.2) is 0 Å². The van der Waals surface area contributed by atoms with E-state index >= 15 is 0 Å². The summed E-state index contributed by atoms with van der Waals surface area (Å²) in [5.74, 6) is -1.64. The maximum absolute atomic E-state index is 12.7. The number of carbonyl (C=O) groups is 1. The highest BCUT2D eigenvalue weighted by Gasteiger charge is 2.44. The Bertz CT molecular complexity index is 1030. The van der Waals surface area contributed by atoms with E-state index in [0.29, 0.717) is 0 Å². The highest BCUT2D eigenvalue weighted by atomic mass is 16.6. The molecule has 0 saturated carbocycles. The monoisotopic (exact) mass is 459 g/mol. The molecule has 0 unspecified atom stereocenters. The van der Waals surface area contributed by atoms with Gasteiger partial charge in [-0.05, 0) is 41.0 Å². The van der Waals surface area contributed by atoms with Gasteiger partial charge in [0.2, 0.25) is 6.04 Å². The van der Waals surface area contributed by atoms with Crippen LogP contribution in [0, 0.1) is 16.0 Å². The quantitative estimate of drug-likeness (QED) is 0.236. The molecule has 3 atom stereocenters. The van der Waals surface area contributed by atoms with Crippen LogP contribution < -0.4 is 9.80 Å². The molecule has 0 saturated heterocycles. The van der Waals surface area contributed by atoms with Crippen LogP contribution >= 0.6 is 0 Å². The predicted molar refractivity (Wildman–Crippen MR) is 139 cm³/mol. The van der Waals surface area contributed by atoms with Crippen molar-refractivity contribution in [3.63, 3.8) is 0 Å². The second-order valence-corrected chi connectivity index (χ2v) is 9.16. The maximum atomic E-state index is 12.7. The van der Waals surface area contributed by atoms with Crippen LogP contribution in [0.3, 0.4) is 0 Å². The molecule has 0 amide bonds. The van der Waals surface area contributed by atoms with Crippen LogP contribution in [-0.2, 0) is 4.79 Å². The summed E-state index contributed by atoms with van der Waals surface area (Å²) in [5, 5.41) is 12.7. The molecule has 6 heteroatoms. The van der Waals surface area contributed by atoms with Crippen LogP contribution in [0.15, 0.2) is 78.9 Å². The third-order valence-corrected chi connectivity index (χ3v) is 6.46. The summed E-state index contributed by atoms with van der Waals surface area (Å²) in [6.45, 7) is 1.77. The van der Waals surface area contributed by atoms with E-state index in [0.717, 1.165) is 34.4 Å². The Balaban J connectivity index is 2.21. The van der Waals surface area contributed by atoms with Gasteiger partial charge in [-0.15, -0.1) is 0 Å². The zero-order chi connectivity index (χ0) is 24.8. The number of benzene rings is 3. The molecule has 3 aromatic carbocycles. The van der Waals surface area contributed by atoms with E-state index in [1.807, 2.05) is 117 Å². The SMILES string of the molecule is C[C@@H](C=O)[C@@H](c1ccccc1)[C@H](C(c1ccc(N(C)C)cc1)c1ccc(N(C)C)cc1)[N+](=O)[O-]. The highest BCUT2D eigenvalue weighted by Crippen LogP contribution is 2.41. The Morgan fingerprint density at radius 3 is 1.53 bits per heavy atom. The minimum atomic E-state index is -1.03. The predicted octanol–water partition coefficient (Wildman–Crippen LogP) is 5.21. The highest BCUT2D eigenvalue weighted by molar-refractivity contribution is 5.57. The second kappa shape index (κ2) is 11.0. The van der Waals surface area contributed by atoms with Crippen molar-refractivity contribution in [2.24, 2.45) is 5.92 Å². The van der Waals surface area contributed by atoms with Crippen molar-refractivity contribution >= 4 is 17.7 Å². The summed E-state index contributed by atoms with van der Waals surface area (Å²) in [7, 11) is 7.85. The average Bonchev–Trinajstić information content (AvgIpc) is 2.84. The van der Waals surface area contributed by atoms with Crippen LogP contribution in [0.4, 0.5) is 11.4 Å². The van der Waals surface area contributed by atoms with E-state index in [4.69, 9.17) is 0 Å². The van der Waals surface area contributed by atoms with E-state index in [9.17, 15) is 14.9 Å². The van der Waals surface area contributed by atoms with Crippen molar-refractivity contribution in [2.75, 3.05) is 38.0 Å². The molecule has 0 fully saturated rings. The van der Waals surface area contributed by atoms with Crippen molar-refractivity contribution in [3.8, 4) is 0 Å². The Hall–Kier alpha value is -3.67. The first-order valence-corrected chi connectivity index (χ1v) is 11.4. The number of nitro groups is 1. The summed E-state index contributed by atoms with van der Waals surface area (Å²) in [5.41, 5.74) is 4.53. The molecule has 0 aliphatic carbocycles. The largest absolute Gasteiger partial charge is 0.378 e. The Kier molecular flexibility index (Phi) is 8.05. The molecule has 0 aromatic heterocycles. The fraction of sp³-hybridized carbons (Fsp3) is 0.321. The molecule has 0 bridgehead atoms. The van der Waals surface area contributed by atoms with E-state index in [2.05, 4.69) is 0 Å². The van der Waals surface area contributed by atoms with Crippen molar-refractivity contribution in [2.45, 2.75) is 24.8 Å². The van der Waals surface area contributed by atoms with Crippen LogP contribution in [0.5, 0.6) is 0 Å². The molecule has 0 radical (unpaired) electrons. The van der Waals surface area contributed by atoms with Crippen molar-refractivity contribution in [1.29, 1.82) is 0 Å². The smallest absolute Gasteiger partial charge is 0.231 e. The molecule has 0 aliphatic rings. The van der Waals surface area contributed by atoms with E-state index in [1.165, 1.54) is 0 Å². The normalized spacial score (nSPS) is 13.7. The van der Waals surface area contributed by atoms with Crippen LogP contribution in [0.25, 0.3) is 0 Å². The summed E-state index contributed by atoms with van der Waals surface area (Å²) >= 11 is 0. The van der Waals surface area contributed by atoms with Crippen LogP contribution in [0.2, 0.25) is 0 Å². The van der Waals surface area contributed by atoms with Gasteiger partial charge < -0.3 is 14.6 Å². The number of hydrogen-bond acceptors (Lipinski definition) is 5. The number of anilines is 2. The lowest BCUT2D eigenvalue weighted by atomic mass is 9.72. The molecule has 6 nitrogen and oxygen atoms in total. The molecule has 0 spiro atoms. The number of rotatable bonds is 10. The number of hydrogen-bond donors (Lipinski definition) is 0. The molecule has 0 aliphatic heterocycles. The molecule has 0 heterocycles. The van der Waals surface area contributed by atoms with Gasteiger partial charge in [-0.3, -0.25) is 10.1 Å². The van der Waals surface area contributed by atoms with Crippen LogP contribution in [-0.4, -0.2) is 45.4 Å². The summed E-state index contributed by atoms with van der Waals surface area (Å²) in [6.07, 6.45) is 0.829. The topological polar surface area (TPSA) is 66.7 Å². The van der Waals surface area contributed by atoms with Gasteiger partial charge in [0.25, 0.3) is 0 Å². The van der Waals surface area contributed by atoms with Crippen LogP contribution in [0.1, 0.15) is 35.4 Å². The molecule has 3 aromatic rings. The van der Waals surface area contributed by atoms with E-state index in [-0.39, 0.29) is 4.92 Å².